The molecule has 0 aliphatic carbocycles. The molecule has 0 saturated carbocycles. The number of carbonyl (C=O) groups is 2. The van der Waals surface area contributed by atoms with Gasteiger partial charge in [0.15, 0.2) is 0 Å². The highest BCUT2D eigenvalue weighted by atomic mass is 19.1. The maximum Gasteiger partial charge on any atom is 0.407 e. The average molecular weight is 226 g/mol. The molecule has 86 valence electrons. The van der Waals surface area contributed by atoms with Crippen LogP contribution in [0.4, 0.5) is 14.9 Å². The van der Waals surface area contributed by atoms with Crippen LogP contribution < -0.4 is 10.6 Å². The zero-order valence-electron chi connectivity index (χ0n) is 8.62. The molecule has 0 radical (unpaired) electrons. The number of benzene rings is 1. The van der Waals surface area contributed by atoms with Crippen LogP contribution in [0.2, 0.25) is 0 Å². The number of hydrogen-bond donors (Lipinski definition) is 2. The molecule has 5 nitrogen and oxygen atoms in total. The van der Waals surface area contributed by atoms with Crippen molar-refractivity contribution < 1.29 is 18.7 Å². The summed E-state index contributed by atoms with van der Waals surface area (Å²) in [5.74, 6) is -0.803. The Bertz CT molecular complexity index is 378. The molecular weight excluding hydrogens is 215 g/mol. The van der Waals surface area contributed by atoms with Crippen molar-refractivity contribution in [3.8, 4) is 0 Å². The minimum atomic E-state index is -0.686. The van der Waals surface area contributed by atoms with Crippen molar-refractivity contribution in [3.63, 3.8) is 0 Å². The van der Waals surface area contributed by atoms with Gasteiger partial charge in [-0.15, -0.1) is 0 Å². The first-order valence-corrected chi connectivity index (χ1v) is 4.49. The minimum absolute atomic E-state index is 0.204. The molecule has 0 heterocycles. The molecule has 0 aromatic heterocycles. The fraction of sp³-hybridized carbons (Fsp3) is 0.200. The van der Waals surface area contributed by atoms with Crippen molar-refractivity contribution >= 4 is 17.7 Å². The number of methoxy groups -OCH3 is 1. The zero-order chi connectivity index (χ0) is 12.0. The van der Waals surface area contributed by atoms with E-state index in [1.165, 1.54) is 31.4 Å². The van der Waals surface area contributed by atoms with Gasteiger partial charge in [-0.25, -0.2) is 9.18 Å². The largest absolute Gasteiger partial charge is 0.453 e. The highest BCUT2D eigenvalue weighted by Gasteiger charge is 2.04. The number of carbonyl (C=O) groups excluding carboxylic acids is 2. The first kappa shape index (κ1) is 12.0. The molecule has 0 saturated heterocycles. The van der Waals surface area contributed by atoms with E-state index in [1.807, 2.05) is 0 Å². The predicted octanol–water partition coefficient (Wildman–Crippen LogP) is 1.12. The van der Waals surface area contributed by atoms with E-state index in [0.717, 1.165) is 0 Å². The van der Waals surface area contributed by atoms with E-state index in [1.54, 1.807) is 0 Å². The molecule has 0 spiro atoms. The predicted molar refractivity (Wildman–Crippen MR) is 55.4 cm³/mol. The molecule has 0 aliphatic heterocycles. The summed E-state index contributed by atoms with van der Waals surface area (Å²) in [6, 6.07) is 5.30. The van der Waals surface area contributed by atoms with Crippen LogP contribution in [-0.2, 0) is 9.53 Å². The van der Waals surface area contributed by atoms with Gasteiger partial charge < -0.3 is 15.4 Å². The summed E-state index contributed by atoms with van der Waals surface area (Å²) < 4.78 is 16.8. The van der Waals surface area contributed by atoms with Gasteiger partial charge in [0.1, 0.15) is 12.4 Å². The van der Waals surface area contributed by atoms with E-state index in [9.17, 15) is 14.0 Å². The Morgan fingerprint density at radius 3 is 2.50 bits per heavy atom. The fourth-order valence-electron chi connectivity index (χ4n) is 0.963. The van der Waals surface area contributed by atoms with Crippen LogP contribution in [0.5, 0.6) is 0 Å². The zero-order valence-corrected chi connectivity index (χ0v) is 8.62. The first-order valence-electron chi connectivity index (χ1n) is 4.49. The van der Waals surface area contributed by atoms with E-state index in [0.29, 0.717) is 5.69 Å². The van der Waals surface area contributed by atoms with Gasteiger partial charge in [0, 0.05) is 5.69 Å². The monoisotopic (exact) mass is 226 g/mol. The number of ether oxygens (including phenoxy) is 1. The third kappa shape index (κ3) is 3.95. The summed E-state index contributed by atoms with van der Waals surface area (Å²) >= 11 is 0. The SMILES string of the molecule is COC(=O)NCC(=O)Nc1ccc(F)cc1. The summed E-state index contributed by atoms with van der Waals surface area (Å²) in [4.78, 5) is 21.9. The van der Waals surface area contributed by atoms with Gasteiger partial charge in [-0.2, -0.15) is 0 Å². The molecule has 1 aromatic rings. The highest BCUT2D eigenvalue weighted by Crippen LogP contribution is 2.07. The first-order chi connectivity index (χ1) is 7.61. The summed E-state index contributed by atoms with van der Waals surface area (Å²) in [7, 11) is 1.20. The third-order valence-electron chi connectivity index (χ3n) is 1.71. The normalized spacial score (nSPS) is 9.38. The number of amides is 2. The molecular formula is C10H11FN2O3. The molecule has 0 aliphatic rings. The Morgan fingerprint density at radius 1 is 1.31 bits per heavy atom. The Balaban J connectivity index is 2.40. The van der Waals surface area contributed by atoms with Crippen LogP contribution in [0.15, 0.2) is 24.3 Å². The van der Waals surface area contributed by atoms with Crippen molar-refractivity contribution in [1.82, 2.24) is 5.32 Å². The van der Waals surface area contributed by atoms with Crippen molar-refractivity contribution in [2.75, 3.05) is 19.0 Å². The standard InChI is InChI=1S/C10H11FN2O3/c1-16-10(15)12-6-9(14)13-8-4-2-7(11)3-5-8/h2-5H,6H2,1H3,(H,12,15)(H,13,14). The molecule has 0 unspecified atom stereocenters. The summed E-state index contributed by atoms with van der Waals surface area (Å²) in [5, 5.41) is 4.69. The van der Waals surface area contributed by atoms with Gasteiger partial charge in [-0.3, -0.25) is 4.79 Å². The molecule has 16 heavy (non-hydrogen) atoms. The van der Waals surface area contributed by atoms with Crippen molar-refractivity contribution in [2.45, 2.75) is 0 Å². The second-order valence-corrected chi connectivity index (χ2v) is 2.90. The van der Waals surface area contributed by atoms with Gasteiger partial charge in [0.2, 0.25) is 5.91 Å². The second kappa shape index (κ2) is 5.69. The lowest BCUT2D eigenvalue weighted by Gasteiger charge is -2.05. The summed E-state index contributed by atoms with van der Waals surface area (Å²) in [6.07, 6.45) is -0.686. The van der Waals surface area contributed by atoms with Crippen molar-refractivity contribution in [3.05, 3.63) is 30.1 Å². The topological polar surface area (TPSA) is 67.4 Å². The average Bonchev–Trinajstić information content (AvgIpc) is 2.29. The van der Waals surface area contributed by atoms with Gasteiger partial charge >= 0.3 is 6.09 Å². The van der Waals surface area contributed by atoms with Crippen LogP contribution in [0.25, 0.3) is 0 Å². The van der Waals surface area contributed by atoms with Gasteiger partial charge in [-0.1, -0.05) is 0 Å². The lowest BCUT2D eigenvalue weighted by molar-refractivity contribution is -0.115. The lowest BCUT2D eigenvalue weighted by atomic mass is 10.3. The Kier molecular flexibility index (Phi) is 4.26. The second-order valence-electron chi connectivity index (χ2n) is 2.90. The molecule has 2 amide bonds. The molecule has 6 heteroatoms. The number of rotatable bonds is 3. The van der Waals surface area contributed by atoms with Crippen LogP contribution >= 0.6 is 0 Å². The molecule has 1 rings (SSSR count). The van der Waals surface area contributed by atoms with Crippen LogP contribution in [0.3, 0.4) is 0 Å². The Morgan fingerprint density at radius 2 is 1.94 bits per heavy atom. The van der Waals surface area contributed by atoms with E-state index in [4.69, 9.17) is 0 Å². The van der Waals surface area contributed by atoms with Crippen molar-refractivity contribution in [2.24, 2.45) is 0 Å². The quantitative estimate of drug-likeness (QED) is 0.811. The fourth-order valence-corrected chi connectivity index (χ4v) is 0.963. The molecule has 0 fully saturated rings. The molecule has 2 N–H and O–H groups in total. The van der Waals surface area contributed by atoms with Crippen LogP contribution in [0.1, 0.15) is 0 Å². The van der Waals surface area contributed by atoms with Gasteiger partial charge in [0.05, 0.1) is 7.11 Å². The van der Waals surface area contributed by atoms with E-state index in [2.05, 4.69) is 15.4 Å². The number of anilines is 1. The molecule has 1 aromatic carbocycles. The highest BCUT2D eigenvalue weighted by molar-refractivity contribution is 5.93. The Labute approximate surface area is 91.6 Å². The van der Waals surface area contributed by atoms with E-state index < -0.39 is 12.0 Å². The summed E-state index contributed by atoms with van der Waals surface area (Å²) in [5.41, 5.74) is 0.457. The van der Waals surface area contributed by atoms with E-state index >= 15 is 0 Å². The maximum atomic E-state index is 12.5. The Hall–Kier alpha value is -2.11. The number of alkyl carbamates (subject to hydrolysis) is 1. The lowest BCUT2D eigenvalue weighted by Crippen LogP contribution is -2.32. The maximum absolute atomic E-state index is 12.5. The number of nitrogens with one attached hydrogen (secondary N) is 2. The van der Waals surface area contributed by atoms with E-state index in [-0.39, 0.29) is 12.4 Å². The molecule has 0 bridgehead atoms. The summed E-state index contributed by atoms with van der Waals surface area (Å²) in [6.45, 7) is -0.204. The van der Waals surface area contributed by atoms with Gasteiger partial charge in [-0.05, 0) is 24.3 Å². The van der Waals surface area contributed by atoms with Crippen LogP contribution in [-0.4, -0.2) is 25.7 Å². The smallest absolute Gasteiger partial charge is 0.407 e. The van der Waals surface area contributed by atoms with Gasteiger partial charge in [0.25, 0.3) is 0 Å². The molecule has 0 atom stereocenters. The number of hydrogen-bond acceptors (Lipinski definition) is 3. The number of halogens is 1. The minimum Gasteiger partial charge on any atom is -0.453 e. The van der Waals surface area contributed by atoms with Crippen LogP contribution in [0, 0.1) is 5.82 Å². The van der Waals surface area contributed by atoms with Crippen molar-refractivity contribution in [1.29, 1.82) is 0 Å². The third-order valence-corrected chi connectivity index (χ3v) is 1.71.